The van der Waals surface area contributed by atoms with E-state index >= 15 is 0 Å². The van der Waals surface area contributed by atoms with Crippen molar-refractivity contribution in [2.45, 2.75) is 37.8 Å². The normalized spacial score (nSPS) is 28.5. The van der Waals surface area contributed by atoms with Gasteiger partial charge in [-0.25, -0.2) is 0 Å². The first kappa shape index (κ1) is 14.3. The lowest BCUT2D eigenvalue weighted by atomic mass is 10.0. The molecular weight excluding hydrogens is 242 g/mol. The van der Waals surface area contributed by atoms with E-state index in [0.29, 0.717) is 18.9 Å². The number of halogens is 1. The number of amides is 2. The molecule has 17 heavy (non-hydrogen) atoms. The lowest BCUT2D eigenvalue weighted by Gasteiger charge is -2.34. The first-order valence-corrected chi connectivity index (χ1v) is 5.96. The molecular formula is C11H20ClN3O2. The number of piperidine rings is 1. The molecule has 98 valence electrons. The maximum atomic E-state index is 12.1. The van der Waals surface area contributed by atoms with E-state index in [9.17, 15) is 9.59 Å². The van der Waals surface area contributed by atoms with Crippen LogP contribution >= 0.6 is 12.4 Å². The second-order valence-electron chi connectivity index (χ2n) is 4.57. The van der Waals surface area contributed by atoms with E-state index in [1.54, 1.807) is 0 Å². The van der Waals surface area contributed by atoms with Crippen molar-refractivity contribution in [1.82, 2.24) is 15.5 Å². The second kappa shape index (κ2) is 6.21. The van der Waals surface area contributed by atoms with E-state index in [-0.39, 0.29) is 30.3 Å². The molecule has 0 radical (unpaired) electrons. The van der Waals surface area contributed by atoms with Gasteiger partial charge in [0.2, 0.25) is 11.8 Å². The maximum Gasteiger partial charge on any atom is 0.245 e. The van der Waals surface area contributed by atoms with Gasteiger partial charge in [-0.3, -0.25) is 9.59 Å². The van der Waals surface area contributed by atoms with Gasteiger partial charge in [0.15, 0.2) is 0 Å². The minimum atomic E-state index is -0.275. The summed E-state index contributed by atoms with van der Waals surface area (Å²) in [4.78, 5) is 25.0. The Morgan fingerprint density at radius 1 is 1.47 bits per heavy atom. The number of nitrogens with zero attached hydrogens (tertiary/aromatic N) is 1. The van der Waals surface area contributed by atoms with Gasteiger partial charge < -0.3 is 15.5 Å². The number of likely N-dealkylation sites (tertiary alicyclic amines) is 1. The molecule has 2 amide bonds. The zero-order chi connectivity index (χ0) is 11.5. The van der Waals surface area contributed by atoms with Crippen LogP contribution in [0.5, 0.6) is 0 Å². The summed E-state index contributed by atoms with van der Waals surface area (Å²) in [6, 6.07) is 0.123. The van der Waals surface area contributed by atoms with Gasteiger partial charge in [-0.2, -0.15) is 0 Å². The number of likely N-dealkylation sites (N-methyl/N-ethyl adjacent to an activating group) is 1. The molecule has 0 aromatic rings. The Morgan fingerprint density at radius 2 is 2.24 bits per heavy atom. The smallest absolute Gasteiger partial charge is 0.245 e. The molecule has 2 aliphatic heterocycles. The van der Waals surface area contributed by atoms with E-state index in [4.69, 9.17) is 0 Å². The first-order valence-electron chi connectivity index (χ1n) is 5.96. The highest BCUT2D eigenvalue weighted by Gasteiger charge is 2.32. The van der Waals surface area contributed by atoms with Crippen molar-refractivity contribution >= 4 is 24.2 Å². The maximum absolute atomic E-state index is 12.1. The summed E-state index contributed by atoms with van der Waals surface area (Å²) < 4.78 is 0. The summed E-state index contributed by atoms with van der Waals surface area (Å²) in [5, 5.41) is 5.94. The predicted molar refractivity (Wildman–Crippen MR) is 67.1 cm³/mol. The summed E-state index contributed by atoms with van der Waals surface area (Å²) >= 11 is 0. The minimum Gasteiger partial charge on any atom is -0.344 e. The summed E-state index contributed by atoms with van der Waals surface area (Å²) in [5.41, 5.74) is 0. The zero-order valence-electron chi connectivity index (χ0n) is 10.1. The highest BCUT2D eigenvalue weighted by molar-refractivity contribution is 5.90. The molecule has 5 nitrogen and oxygen atoms in total. The second-order valence-corrected chi connectivity index (χ2v) is 4.57. The van der Waals surface area contributed by atoms with Crippen molar-refractivity contribution in [1.29, 1.82) is 0 Å². The Morgan fingerprint density at radius 3 is 2.82 bits per heavy atom. The van der Waals surface area contributed by atoms with Gasteiger partial charge >= 0.3 is 0 Å². The summed E-state index contributed by atoms with van der Waals surface area (Å²) in [6.45, 7) is 1.59. The van der Waals surface area contributed by atoms with Crippen molar-refractivity contribution in [2.24, 2.45) is 0 Å². The van der Waals surface area contributed by atoms with Crippen LogP contribution in [0.2, 0.25) is 0 Å². The Bertz CT molecular complexity index is 298. The Kier molecular flexibility index (Phi) is 5.21. The van der Waals surface area contributed by atoms with E-state index in [1.807, 2.05) is 11.9 Å². The molecule has 2 saturated heterocycles. The highest BCUT2D eigenvalue weighted by atomic mass is 35.5. The SMILES string of the molecule is CNC1CCCN(C(=O)[C@H]2CCC(=O)N2)C1.Cl. The van der Waals surface area contributed by atoms with Crippen LogP contribution in [0.15, 0.2) is 0 Å². The van der Waals surface area contributed by atoms with Gasteiger partial charge in [0, 0.05) is 25.6 Å². The average Bonchev–Trinajstić information content (AvgIpc) is 2.75. The van der Waals surface area contributed by atoms with E-state index in [1.165, 1.54) is 0 Å². The molecule has 0 aliphatic carbocycles. The molecule has 0 aromatic heterocycles. The Labute approximate surface area is 108 Å². The molecule has 1 unspecified atom stereocenters. The van der Waals surface area contributed by atoms with Gasteiger partial charge in [-0.05, 0) is 26.3 Å². The van der Waals surface area contributed by atoms with Crippen LogP contribution in [0.25, 0.3) is 0 Å². The van der Waals surface area contributed by atoms with Crippen molar-refractivity contribution in [3.8, 4) is 0 Å². The molecule has 0 saturated carbocycles. The van der Waals surface area contributed by atoms with Gasteiger partial charge in [-0.15, -0.1) is 12.4 Å². The molecule has 2 aliphatic rings. The first-order chi connectivity index (χ1) is 7.70. The standard InChI is InChI=1S/C11H19N3O2.ClH/c1-12-8-3-2-6-14(7-8)11(16)9-4-5-10(15)13-9;/h8-9,12H,2-7H2,1H3,(H,13,15);1H/t8?,9-;/m1./s1. The predicted octanol–water partition coefficient (Wildman–Crippen LogP) is -0.103. The van der Waals surface area contributed by atoms with E-state index in [0.717, 1.165) is 25.9 Å². The quantitative estimate of drug-likeness (QED) is 0.730. The van der Waals surface area contributed by atoms with Crippen LogP contribution in [0.4, 0.5) is 0 Å². The average molecular weight is 262 g/mol. The monoisotopic (exact) mass is 261 g/mol. The molecule has 2 atom stereocenters. The van der Waals surface area contributed by atoms with Crippen molar-refractivity contribution in [2.75, 3.05) is 20.1 Å². The van der Waals surface area contributed by atoms with Crippen LogP contribution < -0.4 is 10.6 Å². The van der Waals surface area contributed by atoms with Crippen LogP contribution in [0.1, 0.15) is 25.7 Å². The topological polar surface area (TPSA) is 61.4 Å². The molecule has 6 heteroatoms. The van der Waals surface area contributed by atoms with Crippen LogP contribution in [0, 0.1) is 0 Å². The lowest BCUT2D eigenvalue weighted by molar-refractivity contribution is -0.135. The highest BCUT2D eigenvalue weighted by Crippen LogP contribution is 2.15. The van der Waals surface area contributed by atoms with E-state index < -0.39 is 0 Å². The van der Waals surface area contributed by atoms with Crippen molar-refractivity contribution < 1.29 is 9.59 Å². The van der Waals surface area contributed by atoms with Gasteiger partial charge in [0.05, 0.1) is 0 Å². The number of nitrogens with one attached hydrogen (secondary N) is 2. The number of carbonyl (C=O) groups is 2. The fourth-order valence-electron chi connectivity index (χ4n) is 2.43. The lowest BCUT2D eigenvalue weighted by Crippen LogP contribution is -2.52. The zero-order valence-corrected chi connectivity index (χ0v) is 10.9. The minimum absolute atomic E-state index is 0. The van der Waals surface area contributed by atoms with Crippen LogP contribution in [-0.4, -0.2) is 48.9 Å². The van der Waals surface area contributed by atoms with Crippen LogP contribution in [-0.2, 0) is 9.59 Å². The molecule has 0 aromatic carbocycles. The van der Waals surface area contributed by atoms with Crippen molar-refractivity contribution in [3.05, 3.63) is 0 Å². The van der Waals surface area contributed by atoms with Gasteiger partial charge in [0.1, 0.15) is 6.04 Å². The molecule has 2 N–H and O–H groups in total. The number of rotatable bonds is 2. The third-order valence-electron chi connectivity index (χ3n) is 3.43. The van der Waals surface area contributed by atoms with Gasteiger partial charge in [0.25, 0.3) is 0 Å². The third kappa shape index (κ3) is 3.33. The van der Waals surface area contributed by atoms with Crippen LogP contribution in [0.3, 0.4) is 0 Å². The van der Waals surface area contributed by atoms with Crippen molar-refractivity contribution in [3.63, 3.8) is 0 Å². The largest absolute Gasteiger partial charge is 0.344 e. The Hall–Kier alpha value is -0.810. The third-order valence-corrected chi connectivity index (χ3v) is 3.43. The summed E-state index contributed by atoms with van der Waals surface area (Å²) in [6.07, 6.45) is 3.30. The fraction of sp³-hybridized carbons (Fsp3) is 0.818. The number of hydrogen-bond donors (Lipinski definition) is 2. The van der Waals surface area contributed by atoms with E-state index in [2.05, 4.69) is 10.6 Å². The molecule has 0 bridgehead atoms. The molecule has 0 spiro atoms. The molecule has 2 fully saturated rings. The molecule has 2 heterocycles. The summed E-state index contributed by atoms with van der Waals surface area (Å²) in [7, 11) is 1.93. The fourth-order valence-corrected chi connectivity index (χ4v) is 2.43. The van der Waals surface area contributed by atoms with Gasteiger partial charge in [-0.1, -0.05) is 0 Å². The Balaban J connectivity index is 0.00000144. The number of carbonyl (C=O) groups excluding carboxylic acids is 2. The number of hydrogen-bond acceptors (Lipinski definition) is 3. The molecule has 2 rings (SSSR count). The summed E-state index contributed by atoms with van der Waals surface area (Å²) in [5.74, 6) is 0.0892.